The number of anilines is 1. The Morgan fingerprint density at radius 2 is 1.82 bits per heavy atom. The number of esters is 1. The van der Waals surface area contributed by atoms with Gasteiger partial charge in [0.15, 0.2) is 11.4 Å². The van der Waals surface area contributed by atoms with Gasteiger partial charge in [-0.1, -0.05) is 18.2 Å². The van der Waals surface area contributed by atoms with Crippen molar-refractivity contribution in [3.05, 3.63) is 81.3 Å². The van der Waals surface area contributed by atoms with Crippen LogP contribution in [-0.2, 0) is 22.4 Å². The lowest BCUT2D eigenvalue weighted by Crippen LogP contribution is -2.34. The smallest absolute Gasteiger partial charge is 0.325 e. The summed E-state index contributed by atoms with van der Waals surface area (Å²) in [5, 5.41) is 12.8. The number of amides is 1. The molecule has 0 bridgehead atoms. The van der Waals surface area contributed by atoms with Crippen molar-refractivity contribution < 1.29 is 19.4 Å². The Hall–Kier alpha value is -4.21. The molecule has 0 atom stereocenters. The topological polar surface area (TPSA) is 138 Å². The van der Waals surface area contributed by atoms with Gasteiger partial charge in [-0.25, -0.2) is 9.97 Å². The van der Waals surface area contributed by atoms with Gasteiger partial charge in [0.25, 0.3) is 5.91 Å². The van der Waals surface area contributed by atoms with Crippen LogP contribution in [0.5, 0.6) is 5.75 Å². The number of rotatable bonds is 9. The van der Waals surface area contributed by atoms with Crippen molar-refractivity contribution in [2.45, 2.75) is 39.5 Å². The zero-order valence-corrected chi connectivity index (χ0v) is 21.7. The second-order valence-electron chi connectivity index (χ2n) is 9.45. The molecule has 1 aromatic carbocycles. The zero-order valence-electron chi connectivity index (χ0n) is 21.7. The number of aromatic nitrogens is 3. The minimum absolute atomic E-state index is 0.100. The molecule has 38 heavy (non-hydrogen) atoms. The maximum atomic E-state index is 12.5. The maximum Gasteiger partial charge on any atom is 0.325 e. The Morgan fingerprint density at radius 3 is 2.47 bits per heavy atom. The first-order valence-electron chi connectivity index (χ1n) is 12.8. The Balaban J connectivity index is 1.32. The van der Waals surface area contributed by atoms with E-state index in [4.69, 9.17) is 4.74 Å². The number of benzene rings is 1. The standard InChI is InChI=1S/C28H33N5O5/c1-3-38-25(35)17-30-28(37)26-27(36)18(2)31-23(32-26)15-20-10-12-33(13-11-20)22-7-4-19(5-8-22)14-21-6-9-24(34)29-16-21/h4-9,16,20,36H,3,10-15,17H2,1-2H3,(H,29,34)(H,30,37). The van der Waals surface area contributed by atoms with Crippen molar-refractivity contribution in [2.24, 2.45) is 5.92 Å². The molecule has 2 aromatic heterocycles. The van der Waals surface area contributed by atoms with Gasteiger partial charge >= 0.3 is 5.97 Å². The highest BCUT2D eigenvalue weighted by Crippen LogP contribution is 2.27. The van der Waals surface area contributed by atoms with Gasteiger partial charge in [0, 0.05) is 37.5 Å². The molecule has 0 saturated carbocycles. The van der Waals surface area contributed by atoms with E-state index in [0.29, 0.717) is 23.9 Å². The average molecular weight is 520 g/mol. The second kappa shape index (κ2) is 12.4. The van der Waals surface area contributed by atoms with E-state index >= 15 is 0 Å². The van der Waals surface area contributed by atoms with Crippen LogP contribution < -0.4 is 15.8 Å². The van der Waals surface area contributed by atoms with Crippen LogP contribution in [0.25, 0.3) is 0 Å². The van der Waals surface area contributed by atoms with Crippen molar-refractivity contribution in [1.82, 2.24) is 20.3 Å². The molecule has 10 heteroatoms. The summed E-state index contributed by atoms with van der Waals surface area (Å²) in [7, 11) is 0. The fourth-order valence-corrected chi connectivity index (χ4v) is 4.59. The number of hydrogen-bond donors (Lipinski definition) is 3. The monoisotopic (exact) mass is 519 g/mol. The molecule has 0 unspecified atom stereocenters. The van der Waals surface area contributed by atoms with Gasteiger partial charge in [-0.3, -0.25) is 14.4 Å². The van der Waals surface area contributed by atoms with Crippen LogP contribution in [0.3, 0.4) is 0 Å². The predicted octanol–water partition coefficient (Wildman–Crippen LogP) is 2.52. The highest BCUT2D eigenvalue weighted by Gasteiger charge is 2.23. The average Bonchev–Trinajstić information content (AvgIpc) is 2.91. The molecule has 200 valence electrons. The first-order valence-corrected chi connectivity index (χ1v) is 12.8. The van der Waals surface area contributed by atoms with Crippen LogP contribution in [0.15, 0.2) is 47.4 Å². The lowest BCUT2D eigenvalue weighted by molar-refractivity contribution is -0.141. The third-order valence-corrected chi connectivity index (χ3v) is 6.66. The van der Waals surface area contributed by atoms with Gasteiger partial charge in [-0.15, -0.1) is 0 Å². The van der Waals surface area contributed by atoms with E-state index in [1.165, 1.54) is 11.3 Å². The highest BCUT2D eigenvalue weighted by molar-refractivity contribution is 5.96. The van der Waals surface area contributed by atoms with E-state index in [-0.39, 0.29) is 30.2 Å². The lowest BCUT2D eigenvalue weighted by atomic mass is 9.92. The zero-order chi connectivity index (χ0) is 27.1. The minimum Gasteiger partial charge on any atom is -0.504 e. The molecular weight excluding hydrogens is 486 g/mol. The number of piperidine rings is 1. The number of hydrogen-bond acceptors (Lipinski definition) is 8. The summed E-state index contributed by atoms with van der Waals surface area (Å²) < 4.78 is 4.82. The van der Waals surface area contributed by atoms with Crippen LogP contribution >= 0.6 is 0 Å². The van der Waals surface area contributed by atoms with Gasteiger partial charge in [0.2, 0.25) is 5.56 Å². The van der Waals surface area contributed by atoms with Gasteiger partial charge in [-0.2, -0.15) is 0 Å². The maximum absolute atomic E-state index is 12.5. The first-order chi connectivity index (χ1) is 18.3. The molecule has 0 radical (unpaired) electrons. The molecule has 1 aliphatic rings. The molecular formula is C28H33N5O5. The van der Waals surface area contributed by atoms with Crippen molar-refractivity contribution in [1.29, 1.82) is 0 Å². The number of carbonyl (C=O) groups is 2. The summed E-state index contributed by atoms with van der Waals surface area (Å²) in [6, 6.07) is 11.9. The summed E-state index contributed by atoms with van der Waals surface area (Å²) in [6.07, 6.45) is 5.01. The summed E-state index contributed by atoms with van der Waals surface area (Å²) in [6.45, 7) is 5.04. The molecule has 3 heterocycles. The van der Waals surface area contributed by atoms with Crippen molar-refractivity contribution in [2.75, 3.05) is 31.1 Å². The largest absolute Gasteiger partial charge is 0.504 e. The second-order valence-corrected chi connectivity index (χ2v) is 9.45. The van der Waals surface area contributed by atoms with E-state index < -0.39 is 11.9 Å². The fourth-order valence-electron chi connectivity index (χ4n) is 4.59. The highest BCUT2D eigenvalue weighted by atomic mass is 16.5. The molecule has 3 N–H and O–H groups in total. The van der Waals surface area contributed by atoms with E-state index in [9.17, 15) is 19.5 Å². The number of aromatic amines is 1. The third kappa shape index (κ3) is 6.96. The summed E-state index contributed by atoms with van der Waals surface area (Å²) in [5.74, 6) is -0.617. The number of H-pyrrole nitrogens is 1. The summed E-state index contributed by atoms with van der Waals surface area (Å²) >= 11 is 0. The first kappa shape index (κ1) is 26.8. The molecule has 3 aromatic rings. The summed E-state index contributed by atoms with van der Waals surface area (Å²) in [4.78, 5) is 49.1. The van der Waals surface area contributed by atoms with Crippen LogP contribution in [0.4, 0.5) is 5.69 Å². The van der Waals surface area contributed by atoms with Gasteiger partial charge in [0.1, 0.15) is 12.4 Å². The van der Waals surface area contributed by atoms with E-state index in [1.807, 2.05) is 6.07 Å². The molecule has 1 amide bonds. The van der Waals surface area contributed by atoms with Crippen LogP contribution in [-0.4, -0.2) is 58.2 Å². The molecule has 0 aliphatic carbocycles. The lowest BCUT2D eigenvalue weighted by Gasteiger charge is -2.33. The Kier molecular flexibility index (Phi) is 8.73. The Morgan fingerprint density at radius 1 is 1.11 bits per heavy atom. The van der Waals surface area contributed by atoms with Gasteiger partial charge in [0.05, 0.1) is 12.3 Å². The van der Waals surface area contributed by atoms with E-state index in [2.05, 4.69) is 49.4 Å². The SMILES string of the molecule is CCOC(=O)CNC(=O)c1nc(CC2CCN(c3ccc(Cc4ccc(=O)[nH]c4)cc3)CC2)nc(C)c1O. The molecule has 10 nitrogen and oxygen atoms in total. The van der Waals surface area contributed by atoms with Gasteiger partial charge < -0.3 is 25.0 Å². The number of pyridine rings is 1. The molecule has 4 rings (SSSR count). The number of aromatic hydroxyl groups is 1. The molecule has 1 aliphatic heterocycles. The summed E-state index contributed by atoms with van der Waals surface area (Å²) in [5.41, 5.74) is 3.51. The normalized spacial score (nSPS) is 13.8. The van der Waals surface area contributed by atoms with Gasteiger partial charge in [-0.05, 0) is 62.3 Å². The van der Waals surface area contributed by atoms with E-state index in [1.54, 1.807) is 26.1 Å². The predicted molar refractivity (Wildman–Crippen MR) is 142 cm³/mol. The number of ether oxygens (including phenoxy) is 1. The molecule has 1 saturated heterocycles. The van der Waals surface area contributed by atoms with E-state index in [0.717, 1.165) is 37.9 Å². The van der Waals surface area contributed by atoms with Crippen LogP contribution in [0.2, 0.25) is 0 Å². The Bertz CT molecular complexity index is 1310. The van der Waals surface area contributed by atoms with Crippen molar-refractivity contribution in [3.63, 3.8) is 0 Å². The number of aryl methyl sites for hydroxylation is 1. The number of carbonyl (C=O) groups excluding carboxylic acids is 2. The number of nitrogens with zero attached hydrogens (tertiary/aromatic N) is 3. The molecule has 1 fully saturated rings. The van der Waals surface area contributed by atoms with Crippen LogP contribution in [0.1, 0.15) is 52.9 Å². The Labute approximate surface area is 221 Å². The van der Waals surface area contributed by atoms with Crippen LogP contribution in [0, 0.1) is 12.8 Å². The van der Waals surface area contributed by atoms with Crippen molar-refractivity contribution in [3.8, 4) is 5.75 Å². The number of nitrogens with one attached hydrogen (secondary N) is 2. The van der Waals surface area contributed by atoms with Crippen molar-refractivity contribution >= 4 is 17.6 Å². The minimum atomic E-state index is -0.638. The fraction of sp³-hybridized carbons (Fsp3) is 0.393. The molecule has 0 spiro atoms. The third-order valence-electron chi connectivity index (χ3n) is 6.66. The quantitative estimate of drug-likeness (QED) is 0.367.